The van der Waals surface area contributed by atoms with E-state index in [-0.39, 0.29) is 35.3 Å². The van der Waals surface area contributed by atoms with E-state index in [1.54, 1.807) is 6.92 Å². The molecule has 4 atom stereocenters. The number of hydrogen-bond acceptors (Lipinski definition) is 9. The molecule has 0 aliphatic carbocycles. The van der Waals surface area contributed by atoms with Crippen molar-refractivity contribution in [1.82, 2.24) is 0 Å². The van der Waals surface area contributed by atoms with E-state index in [4.69, 9.17) is 18.9 Å². The van der Waals surface area contributed by atoms with Gasteiger partial charge in [-0.15, -0.1) is 0 Å². The Hall–Kier alpha value is -2.49. The molecular weight excluding hydrogens is 396 g/mol. The van der Waals surface area contributed by atoms with Crippen LogP contribution in [0, 0.1) is 0 Å². The van der Waals surface area contributed by atoms with Gasteiger partial charge in [-0.2, -0.15) is 0 Å². The van der Waals surface area contributed by atoms with Gasteiger partial charge in [0.2, 0.25) is 0 Å². The van der Waals surface area contributed by atoms with Gasteiger partial charge in [0.05, 0.1) is 11.2 Å². The first-order chi connectivity index (χ1) is 13.8. The van der Waals surface area contributed by atoms with Crippen molar-refractivity contribution < 1.29 is 43.5 Å². The highest BCUT2D eigenvalue weighted by Crippen LogP contribution is 2.49. The average Bonchev–Trinajstić information content (AvgIpc) is 3.09. The van der Waals surface area contributed by atoms with Gasteiger partial charge in [-0.25, -0.2) is 9.59 Å². The number of esters is 3. The van der Waals surface area contributed by atoms with Crippen LogP contribution in [0.4, 0.5) is 0 Å². The van der Waals surface area contributed by atoms with Crippen molar-refractivity contribution in [2.45, 2.75) is 70.1 Å². The summed E-state index contributed by atoms with van der Waals surface area (Å²) in [5.74, 6) is -3.96. The molecule has 30 heavy (non-hydrogen) atoms. The maximum Gasteiger partial charge on any atom is 0.343 e. The minimum absolute atomic E-state index is 0.0138. The zero-order chi connectivity index (χ0) is 22.5. The first-order valence-electron chi connectivity index (χ1n) is 9.60. The molecule has 3 rings (SSSR count). The number of carbonyl (C=O) groups is 3. The van der Waals surface area contributed by atoms with Crippen molar-refractivity contribution >= 4 is 17.9 Å². The van der Waals surface area contributed by atoms with Crippen LogP contribution in [0.1, 0.15) is 47.0 Å². The van der Waals surface area contributed by atoms with E-state index in [1.165, 1.54) is 26.8 Å². The van der Waals surface area contributed by atoms with Crippen molar-refractivity contribution in [3.63, 3.8) is 0 Å². The van der Waals surface area contributed by atoms with Crippen molar-refractivity contribution in [2.75, 3.05) is 6.61 Å². The van der Waals surface area contributed by atoms with Crippen LogP contribution in [-0.2, 0) is 33.3 Å². The van der Waals surface area contributed by atoms with Crippen LogP contribution in [0.3, 0.4) is 0 Å². The molecule has 3 aliphatic rings. The Balaban J connectivity index is 2.17. The molecule has 0 aromatic carbocycles. The fourth-order valence-electron chi connectivity index (χ4n) is 3.86. The van der Waals surface area contributed by atoms with Crippen molar-refractivity contribution in [3.8, 4) is 0 Å². The molecule has 0 saturated carbocycles. The van der Waals surface area contributed by atoms with Crippen LogP contribution in [0.2, 0.25) is 0 Å². The van der Waals surface area contributed by atoms with Gasteiger partial charge in [-0.3, -0.25) is 4.79 Å². The molecule has 2 bridgehead atoms. The third kappa shape index (κ3) is 3.92. The lowest BCUT2D eigenvalue weighted by atomic mass is 9.82. The second-order valence-electron chi connectivity index (χ2n) is 8.42. The first kappa shape index (κ1) is 22.2. The van der Waals surface area contributed by atoms with Crippen molar-refractivity contribution in [2.24, 2.45) is 0 Å². The second kappa shape index (κ2) is 7.33. The van der Waals surface area contributed by atoms with E-state index in [0.717, 1.165) is 0 Å². The third-order valence-corrected chi connectivity index (χ3v) is 5.60. The Morgan fingerprint density at radius 2 is 1.93 bits per heavy atom. The van der Waals surface area contributed by atoms with E-state index in [9.17, 15) is 24.6 Å². The molecule has 0 amide bonds. The molecule has 2 N–H and O–H groups in total. The lowest BCUT2D eigenvalue weighted by Crippen LogP contribution is -2.54. The SMILES string of the molecule is C=C(C)C(=O)O[C@H]1C[C@@](C)(O)[C@@]2(O)CC[C@@](C)(C=C3OC(=O)C(COC(C)=O)=C31)O2. The van der Waals surface area contributed by atoms with Crippen LogP contribution < -0.4 is 0 Å². The monoisotopic (exact) mass is 422 g/mol. The Labute approximate surface area is 173 Å². The molecule has 0 spiro atoms. The number of carbonyl (C=O) groups excluding carboxylic acids is 3. The van der Waals surface area contributed by atoms with Gasteiger partial charge in [-0.05, 0) is 33.3 Å². The van der Waals surface area contributed by atoms with Gasteiger partial charge >= 0.3 is 17.9 Å². The van der Waals surface area contributed by atoms with E-state index >= 15 is 0 Å². The molecule has 1 saturated heterocycles. The molecule has 9 heteroatoms. The largest absolute Gasteiger partial charge is 0.461 e. The summed E-state index contributed by atoms with van der Waals surface area (Å²) < 4.78 is 21.7. The number of fused-ring (bicyclic) bond motifs is 3. The Morgan fingerprint density at radius 1 is 1.27 bits per heavy atom. The summed E-state index contributed by atoms with van der Waals surface area (Å²) in [5.41, 5.74) is -2.64. The van der Waals surface area contributed by atoms with Crippen LogP contribution >= 0.6 is 0 Å². The molecule has 3 heterocycles. The van der Waals surface area contributed by atoms with Crippen LogP contribution in [0.15, 0.2) is 35.1 Å². The number of aliphatic hydroxyl groups is 2. The maximum absolute atomic E-state index is 12.5. The van der Waals surface area contributed by atoms with E-state index in [1.807, 2.05) is 0 Å². The Bertz CT molecular complexity index is 881. The number of ether oxygens (including phenoxy) is 4. The quantitative estimate of drug-likeness (QED) is 0.390. The van der Waals surface area contributed by atoms with E-state index in [0.29, 0.717) is 6.42 Å². The van der Waals surface area contributed by atoms with Gasteiger partial charge in [0.1, 0.15) is 24.1 Å². The molecule has 164 valence electrons. The fourth-order valence-corrected chi connectivity index (χ4v) is 3.86. The summed E-state index contributed by atoms with van der Waals surface area (Å²) in [6.07, 6.45) is 0.495. The first-order valence-corrected chi connectivity index (χ1v) is 9.60. The third-order valence-electron chi connectivity index (χ3n) is 5.60. The van der Waals surface area contributed by atoms with Crippen molar-refractivity contribution in [3.05, 3.63) is 35.1 Å². The summed E-state index contributed by atoms with van der Waals surface area (Å²) in [6.45, 7) is 8.86. The molecule has 0 unspecified atom stereocenters. The predicted molar refractivity (Wildman–Crippen MR) is 101 cm³/mol. The molecule has 0 aromatic rings. The summed E-state index contributed by atoms with van der Waals surface area (Å²) >= 11 is 0. The molecule has 0 aromatic heterocycles. The van der Waals surface area contributed by atoms with Crippen LogP contribution in [0.5, 0.6) is 0 Å². The van der Waals surface area contributed by atoms with Crippen LogP contribution in [0.25, 0.3) is 0 Å². The van der Waals surface area contributed by atoms with Gasteiger partial charge in [-0.1, -0.05) is 6.58 Å². The van der Waals surface area contributed by atoms with E-state index < -0.39 is 47.6 Å². The van der Waals surface area contributed by atoms with Crippen LogP contribution in [-0.4, -0.2) is 57.8 Å². The number of rotatable bonds is 4. The standard InChI is InChI=1S/C21H26O9/c1-11(2)17(23)28-15-9-20(5,25)21(26)7-6-19(4,30-21)8-14-16(15)13(18(24)29-14)10-27-12(3)22/h8,15,25-26H,1,6-7,9-10H2,2-5H3/t15-,19-,20+,21+/m0/s1. The number of hydrogen-bond donors (Lipinski definition) is 2. The minimum atomic E-state index is -1.91. The highest BCUT2D eigenvalue weighted by atomic mass is 16.7. The smallest absolute Gasteiger partial charge is 0.343 e. The predicted octanol–water partition coefficient (Wildman–Crippen LogP) is 1.19. The van der Waals surface area contributed by atoms with Gasteiger partial charge in [0, 0.05) is 30.9 Å². The molecule has 3 aliphatic heterocycles. The molecule has 0 radical (unpaired) electrons. The van der Waals surface area contributed by atoms with E-state index in [2.05, 4.69) is 6.58 Å². The second-order valence-corrected chi connectivity index (χ2v) is 8.42. The Morgan fingerprint density at radius 3 is 2.53 bits per heavy atom. The average molecular weight is 422 g/mol. The summed E-state index contributed by atoms with van der Waals surface area (Å²) in [4.78, 5) is 36.1. The Kier molecular flexibility index (Phi) is 5.43. The molecule has 1 fully saturated rings. The van der Waals surface area contributed by atoms with Crippen molar-refractivity contribution in [1.29, 1.82) is 0 Å². The highest BCUT2D eigenvalue weighted by molar-refractivity contribution is 5.96. The lowest BCUT2D eigenvalue weighted by molar-refractivity contribution is -0.298. The highest BCUT2D eigenvalue weighted by Gasteiger charge is 2.58. The minimum Gasteiger partial charge on any atom is -0.461 e. The maximum atomic E-state index is 12.5. The zero-order valence-corrected chi connectivity index (χ0v) is 17.4. The fraction of sp³-hybridized carbons (Fsp3) is 0.571. The lowest BCUT2D eigenvalue weighted by Gasteiger charge is -2.40. The van der Waals surface area contributed by atoms with Gasteiger partial charge in [0.15, 0.2) is 5.79 Å². The van der Waals surface area contributed by atoms with Gasteiger partial charge < -0.3 is 29.2 Å². The van der Waals surface area contributed by atoms with Gasteiger partial charge in [0.25, 0.3) is 0 Å². The summed E-state index contributed by atoms with van der Waals surface area (Å²) in [6, 6.07) is 0. The normalized spacial score (nSPS) is 35.5. The summed E-state index contributed by atoms with van der Waals surface area (Å²) in [7, 11) is 0. The zero-order valence-electron chi connectivity index (χ0n) is 17.4. The summed E-state index contributed by atoms with van der Waals surface area (Å²) in [5, 5.41) is 22.1. The molecule has 9 nitrogen and oxygen atoms in total. The molecular formula is C21H26O9. The topological polar surface area (TPSA) is 129 Å².